The molecule has 1 saturated heterocycles. The minimum absolute atomic E-state index is 0.755. The quantitative estimate of drug-likeness (QED) is 0.483. The van der Waals surface area contributed by atoms with Crippen molar-refractivity contribution in [3.8, 4) is 11.1 Å². The molecule has 0 aromatic heterocycles. The summed E-state index contributed by atoms with van der Waals surface area (Å²) >= 11 is 3.69. The third-order valence-electron chi connectivity index (χ3n) is 5.05. The van der Waals surface area contributed by atoms with Gasteiger partial charge in [-0.2, -0.15) is 0 Å². The van der Waals surface area contributed by atoms with Crippen molar-refractivity contribution in [2.24, 2.45) is 0 Å². The number of halogens is 1. The molecule has 3 heteroatoms. The predicted octanol–water partition coefficient (Wildman–Crippen LogP) is 6.07. The Morgan fingerprint density at radius 2 is 1.57 bits per heavy atom. The van der Waals surface area contributed by atoms with Crippen LogP contribution in [0.15, 0.2) is 95.2 Å². The first kappa shape index (κ1) is 19.0. The lowest BCUT2D eigenvalue weighted by atomic mass is 9.97. The highest BCUT2D eigenvalue weighted by Crippen LogP contribution is 2.31. The van der Waals surface area contributed by atoms with Crippen LogP contribution in [-0.2, 0) is 17.7 Å². The maximum absolute atomic E-state index is 5.95. The van der Waals surface area contributed by atoms with Crippen molar-refractivity contribution in [2.75, 3.05) is 19.7 Å². The monoisotopic (exact) mass is 433 g/mol. The summed E-state index contributed by atoms with van der Waals surface area (Å²) < 4.78 is 7.07. The Morgan fingerprint density at radius 3 is 2.39 bits per heavy atom. The second-order valence-corrected chi connectivity index (χ2v) is 7.91. The van der Waals surface area contributed by atoms with E-state index in [4.69, 9.17) is 4.74 Å². The largest absolute Gasteiger partial charge is 0.496 e. The van der Waals surface area contributed by atoms with E-state index in [2.05, 4.69) is 106 Å². The SMILES string of the molecule is Brc1ccccc1-c1ccccc1C/C=C1\CN(Cc2ccccc2)CCO1. The molecular formula is C25H24BrNO. The van der Waals surface area contributed by atoms with E-state index in [0.717, 1.165) is 42.9 Å². The predicted molar refractivity (Wildman–Crippen MR) is 119 cm³/mol. The molecule has 0 N–H and O–H groups in total. The molecule has 0 radical (unpaired) electrons. The number of ether oxygens (including phenoxy) is 1. The van der Waals surface area contributed by atoms with Crippen LogP contribution in [-0.4, -0.2) is 24.6 Å². The molecule has 3 aromatic rings. The molecule has 3 aromatic carbocycles. The van der Waals surface area contributed by atoms with Crippen LogP contribution in [0.1, 0.15) is 11.1 Å². The van der Waals surface area contributed by atoms with E-state index in [-0.39, 0.29) is 0 Å². The smallest absolute Gasteiger partial charge is 0.106 e. The van der Waals surface area contributed by atoms with Crippen molar-refractivity contribution in [2.45, 2.75) is 13.0 Å². The van der Waals surface area contributed by atoms with Gasteiger partial charge in [-0.25, -0.2) is 0 Å². The van der Waals surface area contributed by atoms with Gasteiger partial charge in [0.1, 0.15) is 12.4 Å². The van der Waals surface area contributed by atoms with Crippen molar-refractivity contribution in [1.29, 1.82) is 0 Å². The van der Waals surface area contributed by atoms with Crippen molar-refractivity contribution in [3.63, 3.8) is 0 Å². The summed E-state index contributed by atoms with van der Waals surface area (Å²) in [7, 11) is 0. The zero-order valence-electron chi connectivity index (χ0n) is 15.9. The maximum atomic E-state index is 5.95. The number of hydrogen-bond acceptors (Lipinski definition) is 2. The molecule has 1 aliphatic rings. The summed E-state index contributed by atoms with van der Waals surface area (Å²) in [4.78, 5) is 2.45. The minimum Gasteiger partial charge on any atom is -0.496 e. The maximum Gasteiger partial charge on any atom is 0.106 e. The van der Waals surface area contributed by atoms with Crippen LogP contribution >= 0.6 is 15.9 Å². The summed E-state index contributed by atoms with van der Waals surface area (Å²) in [5, 5.41) is 0. The molecule has 28 heavy (non-hydrogen) atoms. The van der Waals surface area contributed by atoms with Gasteiger partial charge in [-0.15, -0.1) is 0 Å². The molecule has 1 heterocycles. The molecule has 4 rings (SSSR count). The van der Waals surface area contributed by atoms with Crippen molar-refractivity contribution >= 4 is 15.9 Å². The Hall–Kier alpha value is -2.36. The summed E-state index contributed by atoms with van der Waals surface area (Å²) in [6.07, 6.45) is 3.11. The van der Waals surface area contributed by atoms with E-state index in [1.165, 1.54) is 22.3 Å². The highest BCUT2D eigenvalue weighted by atomic mass is 79.9. The van der Waals surface area contributed by atoms with Crippen LogP contribution in [0.4, 0.5) is 0 Å². The van der Waals surface area contributed by atoms with Crippen molar-refractivity contribution in [1.82, 2.24) is 4.90 Å². The Morgan fingerprint density at radius 1 is 0.857 bits per heavy atom. The van der Waals surface area contributed by atoms with E-state index in [1.54, 1.807) is 0 Å². The third kappa shape index (κ3) is 4.73. The van der Waals surface area contributed by atoms with Crippen LogP contribution in [0.2, 0.25) is 0 Å². The van der Waals surface area contributed by atoms with Gasteiger partial charge in [0.25, 0.3) is 0 Å². The number of rotatable bonds is 5. The topological polar surface area (TPSA) is 12.5 Å². The first-order valence-corrected chi connectivity index (χ1v) is 10.5. The van der Waals surface area contributed by atoms with Crippen LogP contribution in [0.25, 0.3) is 11.1 Å². The van der Waals surface area contributed by atoms with E-state index >= 15 is 0 Å². The highest BCUT2D eigenvalue weighted by Gasteiger charge is 2.15. The van der Waals surface area contributed by atoms with Gasteiger partial charge in [-0.05, 0) is 40.8 Å². The molecule has 0 bridgehead atoms. The first-order valence-electron chi connectivity index (χ1n) is 9.70. The summed E-state index contributed by atoms with van der Waals surface area (Å²) in [5.74, 6) is 1.07. The molecule has 1 aliphatic heterocycles. The Labute approximate surface area is 175 Å². The van der Waals surface area contributed by atoms with E-state index in [1.807, 2.05) is 0 Å². The molecule has 1 fully saturated rings. The zero-order valence-corrected chi connectivity index (χ0v) is 17.4. The van der Waals surface area contributed by atoms with Crippen molar-refractivity contribution in [3.05, 3.63) is 106 Å². The van der Waals surface area contributed by atoms with Crippen LogP contribution in [0, 0.1) is 0 Å². The van der Waals surface area contributed by atoms with Crippen LogP contribution in [0.3, 0.4) is 0 Å². The highest BCUT2D eigenvalue weighted by molar-refractivity contribution is 9.10. The summed E-state index contributed by atoms with van der Waals surface area (Å²) in [5.41, 5.74) is 5.16. The minimum atomic E-state index is 0.755. The fourth-order valence-electron chi connectivity index (χ4n) is 3.62. The lowest BCUT2D eigenvalue weighted by Crippen LogP contribution is -2.34. The molecule has 0 saturated carbocycles. The van der Waals surface area contributed by atoms with E-state index in [9.17, 15) is 0 Å². The first-order chi connectivity index (χ1) is 13.8. The lowest BCUT2D eigenvalue weighted by molar-refractivity contribution is 0.0889. The zero-order chi connectivity index (χ0) is 19.2. The Balaban J connectivity index is 1.48. The second-order valence-electron chi connectivity index (χ2n) is 7.06. The third-order valence-corrected chi connectivity index (χ3v) is 5.75. The molecule has 2 nitrogen and oxygen atoms in total. The van der Waals surface area contributed by atoms with Gasteiger partial charge >= 0.3 is 0 Å². The van der Waals surface area contributed by atoms with Crippen LogP contribution < -0.4 is 0 Å². The van der Waals surface area contributed by atoms with E-state index < -0.39 is 0 Å². The van der Waals surface area contributed by atoms with Gasteiger partial charge in [0.2, 0.25) is 0 Å². The Kier molecular flexibility index (Phi) is 6.25. The van der Waals surface area contributed by atoms with E-state index in [0.29, 0.717) is 0 Å². The molecule has 0 atom stereocenters. The second kappa shape index (κ2) is 9.22. The molecule has 0 unspecified atom stereocenters. The van der Waals surface area contributed by atoms with Gasteiger partial charge in [0.15, 0.2) is 0 Å². The molecule has 0 amide bonds. The number of benzene rings is 3. The fraction of sp³-hybridized carbons (Fsp3) is 0.200. The molecular weight excluding hydrogens is 410 g/mol. The van der Waals surface area contributed by atoms with Gasteiger partial charge in [0.05, 0.1) is 6.54 Å². The average molecular weight is 434 g/mol. The van der Waals surface area contributed by atoms with Crippen molar-refractivity contribution < 1.29 is 4.74 Å². The van der Waals surface area contributed by atoms with Gasteiger partial charge in [-0.3, -0.25) is 4.90 Å². The van der Waals surface area contributed by atoms with Gasteiger partial charge in [-0.1, -0.05) is 88.7 Å². The lowest BCUT2D eigenvalue weighted by Gasteiger charge is -2.29. The molecule has 142 valence electrons. The molecule has 0 aliphatic carbocycles. The number of nitrogens with zero attached hydrogens (tertiary/aromatic N) is 1. The fourth-order valence-corrected chi connectivity index (χ4v) is 4.11. The average Bonchev–Trinajstić information content (AvgIpc) is 2.74. The molecule has 0 spiro atoms. The summed E-state index contributed by atoms with van der Waals surface area (Å²) in [6, 6.07) is 27.6. The number of hydrogen-bond donors (Lipinski definition) is 0. The standard InChI is InChI=1S/C25H24BrNO/c26-25-13-7-6-12-24(25)23-11-5-4-10-21(23)14-15-22-19-27(16-17-28-22)18-20-8-2-1-3-9-20/h1-13,15H,14,16-19H2/b22-15+. The van der Waals surface area contributed by atoms with Gasteiger partial charge in [0, 0.05) is 17.6 Å². The Bertz CT molecular complexity index is 952. The summed E-state index contributed by atoms with van der Waals surface area (Å²) in [6.45, 7) is 3.56. The number of allylic oxidation sites excluding steroid dienone is 1. The normalized spacial score (nSPS) is 16.1. The van der Waals surface area contributed by atoms with Gasteiger partial charge < -0.3 is 4.74 Å². The number of morpholine rings is 1. The van der Waals surface area contributed by atoms with Crippen LogP contribution in [0.5, 0.6) is 0 Å².